The quantitative estimate of drug-likeness (QED) is 0.451. The number of para-hydroxylation sites is 1. The Morgan fingerprint density at radius 1 is 0.971 bits per heavy atom. The maximum Gasteiger partial charge on any atom is 0.418 e. The molecular weight excluding hydrogens is 466 g/mol. The van der Waals surface area contributed by atoms with Crippen molar-refractivity contribution in [3.63, 3.8) is 0 Å². The summed E-state index contributed by atoms with van der Waals surface area (Å²) in [6.45, 7) is 0.463. The van der Waals surface area contributed by atoms with E-state index in [1.807, 2.05) is 0 Å². The number of nitrogens with one attached hydrogen (secondary N) is 1. The van der Waals surface area contributed by atoms with Crippen LogP contribution in [0.4, 0.5) is 36.8 Å². The summed E-state index contributed by atoms with van der Waals surface area (Å²) in [5.74, 6) is -0.138. The number of alkyl halides is 6. The van der Waals surface area contributed by atoms with Crippen LogP contribution in [0.2, 0.25) is 0 Å². The van der Waals surface area contributed by atoms with Crippen LogP contribution in [0.15, 0.2) is 52.9 Å². The molecular formula is C22H18F6N4O2. The van der Waals surface area contributed by atoms with Crippen LogP contribution in [-0.2, 0) is 12.4 Å². The van der Waals surface area contributed by atoms with Gasteiger partial charge >= 0.3 is 18.4 Å². The molecule has 2 amide bonds. The van der Waals surface area contributed by atoms with Crippen LogP contribution in [0, 0.1) is 0 Å². The number of carbonyl (C=O) groups excluding carboxylic acids is 1. The van der Waals surface area contributed by atoms with Crippen LogP contribution in [0.25, 0.3) is 11.5 Å². The molecule has 1 saturated heterocycles. The number of hydrogen-bond acceptors (Lipinski definition) is 4. The summed E-state index contributed by atoms with van der Waals surface area (Å²) in [6.07, 6.45) is -7.94. The van der Waals surface area contributed by atoms with E-state index in [-0.39, 0.29) is 29.9 Å². The molecule has 0 bridgehead atoms. The average molecular weight is 484 g/mol. The van der Waals surface area contributed by atoms with Crippen molar-refractivity contribution < 1.29 is 35.6 Å². The summed E-state index contributed by atoms with van der Waals surface area (Å²) in [5, 5.41) is 10.2. The van der Waals surface area contributed by atoms with Gasteiger partial charge in [0.05, 0.1) is 22.7 Å². The molecule has 0 spiro atoms. The Morgan fingerprint density at radius 2 is 1.68 bits per heavy atom. The summed E-state index contributed by atoms with van der Waals surface area (Å²) in [7, 11) is 0. The van der Waals surface area contributed by atoms with E-state index >= 15 is 0 Å². The van der Waals surface area contributed by atoms with E-state index in [0.29, 0.717) is 24.9 Å². The molecule has 0 aliphatic carbocycles. The van der Waals surface area contributed by atoms with Gasteiger partial charge in [0.1, 0.15) is 0 Å². The fourth-order valence-corrected chi connectivity index (χ4v) is 3.71. The molecule has 6 nitrogen and oxygen atoms in total. The van der Waals surface area contributed by atoms with Gasteiger partial charge < -0.3 is 14.6 Å². The fourth-order valence-electron chi connectivity index (χ4n) is 3.71. The van der Waals surface area contributed by atoms with E-state index in [4.69, 9.17) is 4.42 Å². The first-order valence-electron chi connectivity index (χ1n) is 10.3. The predicted molar refractivity (Wildman–Crippen MR) is 109 cm³/mol. The van der Waals surface area contributed by atoms with Gasteiger partial charge in [-0.1, -0.05) is 12.1 Å². The molecule has 2 aromatic carbocycles. The summed E-state index contributed by atoms with van der Waals surface area (Å²) in [4.78, 5) is 14.0. The van der Waals surface area contributed by atoms with E-state index in [1.54, 1.807) is 0 Å². The predicted octanol–water partition coefficient (Wildman–Crippen LogP) is 6.19. The van der Waals surface area contributed by atoms with Gasteiger partial charge in [-0.2, -0.15) is 26.3 Å². The smallest absolute Gasteiger partial charge is 0.418 e. The first kappa shape index (κ1) is 23.6. The zero-order valence-electron chi connectivity index (χ0n) is 17.5. The molecule has 34 heavy (non-hydrogen) atoms. The van der Waals surface area contributed by atoms with E-state index in [0.717, 1.165) is 18.2 Å². The molecule has 1 aromatic heterocycles. The minimum absolute atomic E-state index is 0.0319. The molecule has 4 rings (SSSR count). The van der Waals surface area contributed by atoms with Crippen molar-refractivity contribution in [3.05, 3.63) is 65.5 Å². The van der Waals surface area contributed by atoms with Crippen LogP contribution in [0.5, 0.6) is 0 Å². The zero-order valence-corrected chi connectivity index (χ0v) is 17.5. The second-order valence-corrected chi connectivity index (χ2v) is 7.78. The molecule has 12 heteroatoms. The Morgan fingerprint density at radius 3 is 2.35 bits per heavy atom. The first-order chi connectivity index (χ1) is 16.0. The van der Waals surface area contributed by atoms with Gasteiger partial charge in [-0.3, -0.25) is 0 Å². The second kappa shape index (κ2) is 8.99. The number of aromatic nitrogens is 2. The summed E-state index contributed by atoms with van der Waals surface area (Å²) < 4.78 is 83.5. The maximum atomic E-state index is 13.2. The number of amides is 2. The number of hydrogen-bond donors (Lipinski definition) is 1. The summed E-state index contributed by atoms with van der Waals surface area (Å²) in [6, 6.07) is 8.26. The van der Waals surface area contributed by atoms with E-state index in [2.05, 4.69) is 15.5 Å². The van der Waals surface area contributed by atoms with Gasteiger partial charge in [0.25, 0.3) is 0 Å². The van der Waals surface area contributed by atoms with Gasteiger partial charge in [-0.25, -0.2) is 4.79 Å². The Hall–Kier alpha value is -3.57. The molecule has 0 radical (unpaired) electrons. The van der Waals surface area contributed by atoms with Crippen molar-refractivity contribution >= 4 is 11.7 Å². The highest BCUT2D eigenvalue weighted by Gasteiger charge is 2.35. The molecule has 1 N–H and O–H groups in total. The first-order valence-corrected chi connectivity index (χ1v) is 10.3. The number of nitrogens with zero attached hydrogens (tertiary/aromatic N) is 3. The zero-order chi connectivity index (χ0) is 24.5. The number of urea groups is 1. The second-order valence-electron chi connectivity index (χ2n) is 7.78. The molecule has 1 unspecified atom stereocenters. The third kappa shape index (κ3) is 5.15. The van der Waals surface area contributed by atoms with Crippen molar-refractivity contribution in [1.82, 2.24) is 15.1 Å². The molecule has 0 saturated carbocycles. The van der Waals surface area contributed by atoms with Crippen molar-refractivity contribution in [2.45, 2.75) is 31.1 Å². The van der Waals surface area contributed by atoms with Crippen molar-refractivity contribution in [1.29, 1.82) is 0 Å². The highest BCUT2D eigenvalue weighted by Crippen LogP contribution is 2.35. The fraction of sp³-hybridized carbons (Fsp3) is 0.318. The van der Waals surface area contributed by atoms with Crippen LogP contribution in [0.1, 0.15) is 35.8 Å². The SMILES string of the molecule is O=C(Nc1ccccc1C(F)(F)F)N1CCCC(c2nnc(-c3ccc(C(F)(F)F)cc3)o2)C1. The van der Waals surface area contributed by atoms with Crippen LogP contribution in [-0.4, -0.2) is 34.2 Å². The molecule has 3 aromatic rings. The third-order valence-corrected chi connectivity index (χ3v) is 5.43. The Kier molecular flexibility index (Phi) is 6.24. The van der Waals surface area contributed by atoms with Crippen molar-refractivity contribution in [2.24, 2.45) is 0 Å². The van der Waals surface area contributed by atoms with Gasteiger partial charge in [0.2, 0.25) is 11.8 Å². The number of carbonyl (C=O) groups is 1. The lowest BCUT2D eigenvalue weighted by Crippen LogP contribution is -2.42. The van der Waals surface area contributed by atoms with E-state index in [1.165, 1.54) is 35.2 Å². The van der Waals surface area contributed by atoms with Crippen LogP contribution >= 0.6 is 0 Å². The Balaban J connectivity index is 1.45. The van der Waals surface area contributed by atoms with Gasteiger partial charge in [0, 0.05) is 18.7 Å². The molecule has 180 valence electrons. The highest BCUT2D eigenvalue weighted by molar-refractivity contribution is 5.90. The molecule has 1 atom stereocenters. The number of halogens is 6. The lowest BCUT2D eigenvalue weighted by atomic mass is 9.98. The normalized spacial score (nSPS) is 17.0. The number of anilines is 1. The van der Waals surface area contributed by atoms with Crippen LogP contribution < -0.4 is 5.32 Å². The molecule has 2 heterocycles. The Bertz CT molecular complexity index is 1160. The van der Waals surface area contributed by atoms with Crippen molar-refractivity contribution in [2.75, 3.05) is 18.4 Å². The number of rotatable bonds is 3. The lowest BCUT2D eigenvalue weighted by Gasteiger charge is -2.31. The van der Waals surface area contributed by atoms with E-state index < -0.39 is 29.5 Å². The van der Waals surface area contributed by atoms with Crippen molar-refractivity contribution in [3.8, 4) is 11.5 Å². The summed E-state index contributed by atoms with van der Waals surface area (Å²) >= 11 is 0. The maximum absolute atomic E-state index is 13.2. The van der Waals surface area contributed by atoms with Crippen LogP contribution in [0.3, 0.4) is 0 Å². The molecule has 1 fully saturated rings. The largest absolute Gasteiger partial charge is 0.420 e. The van der Waals surface area contributed by atoms with E-state index in [9.17, 15) is 31.1 Å². The monoisotopic (exact) mass is 484 g/mol. The number of likely N-dealkylation sites (tertiary alicyclic amines) is 1. The Labute approximate surface area is 189 Å². The molecule has 1 aliphatic heterocycles. The standard InChI is InChI=1S/C22H18F6N4O2/c23-21(24,25)15-9-7-13(8-10-15)18-30-31-19(34-18)14-4-3-11-32(12-14)20(33)29-17-6-2-1-5-16(17)22(26,27)28/h1-2,5-10,14H,3-4,11-12H2,(H,29,33). The highest BCUT2D eigenvalue weighted by atomic mass is 19.4. The lowest BCUT2D eigenvalue weighted by molar-refractivity contribution is -0.138. The number of piperidine rings is 1. The molecule has 1 aliphatic rings. The van der Waals surface area contributed by atoms with Gasteiger partial charge in [0.15, 0.2) is 0 Å². The van der Waals surface area contributed by atoms with Gasteiger partial charge in [-0.15, -0.1) is 10.2 Å². The van der Waals surface area contributed by atoms with Gasteiger partial charge in [-0.05, 0) is 49.2 Å². The number of benzene rings is 2. The third-order valence-electron chi connectivity index (χ3n) is 5.43. The average Bonchev–Trinajstić information content (AvgIpc) is 3.29. The minimum Gasteiger partial charge on any atom is -0.420 e. The topological polar surface area (TPSA) is 71.3 Å². The summed E-state index contributed by atoms with van der Waals surface area (Å²) in [5.41, 5.74) is -1.79. The minimum atomic E-state index is -4.62.